The minimum absolute atomic E-state index is 0.211. The minimum Gasteiger partial charge on any atom is -0.379 e. The van der Waals surface area contributed by atoms with E-state index in [1.807, 2.05) is 0 Å². The molecule has 0 aromatic heterocycles. The van der Waals surface area contributed by atoms with Crippen molar-refractivity contribution in [3.8, 4) is 0 Å². The zero-order chi connectivity index (χ0) is 16.6. The van der Waals surface area contributed by atoms with Gasteiger partial charge in [-0.05, 0) is 26.2 Å². The number of amides is 2. The third-order valence-corrected chi connectivity index (χ3v) is 3.96. The van der Waals surface area contributed by atoms with Crippen LogP contribution in [0.25, 0.3) is 0 Å². The number of carbonyl (C=O) groups excluding carboxylic acids is 2. The average Bonchev–Trinajstić information content (AvgIpc) is 2.47. The fourth-order valence-electron chi connectivity index (χ4n) is 2.17. The molecule has 0 bridgehead atoms. The van der Waals surface area contributed by atoms with Crippen LogP contribution in [-0.4, -0.2) is 62.7 Å². The maximum atomic E-state index is 12.2. The number of nitrogens with one attached hydrogen (secondary N) is 2. The van der Waals surface area contributed by atoms with Gasteiger partial charge >= 0.3 is 0 Å². The molecular weight excluding hydrogens is 282 g/mol. The molecule has 1 fully saturated rings. The van der Waals surface area contributed by atoms with Gasteiger partial charge in [-0.15, -0.1) is 0 Å². The molecule has 22 heavy (non-hydrogen) atoms. The topological polar surface area (TPSA) is 70.7 Å². The molecule has 6 nitrogen and oxygen atoms in total. The second kappa shape index (κ2) is 9.10. The van der Waals surface area contributed by atoms with Crippen molar-refractivity contribution in [3.05, 3.63) is 0 Å². The molecule has 0 radical (unpaired) electrons. The molecule has 1 heterocycles. The van der Waals surface area contributed by atoms with Crippen LogP contribution in [0.2, 0.25) is 0 Å². The van der Waals surface area contributed by atoms with Crippen molar-refractivity contribution < 1.29 is 14.3 Å². The lowest BCUT2D eigenvalue weighted by molar-refractivity contribution is -0.141. The minimum atomic E-state index is -1.04. The molecule has 2 N–H and O–H groups in total. The van der Waals surface area contributed by atoms with Crippen LogP contribution in [0.5, 0.6) is 0 Å². The van der Waals surface area contributed by atoms with E-state index in [1.165, 1.54) is 0 Å². The molecule has 1 aliphatic rings. The lowest BCUT2D eigenvalue weighted by Crippen LogP contribution is -2.50. The highest BCUT2D eigenvalue weighted by atomic mass is 16.5. The monoisotopic (exact) mass is 313 g/mol. The number of carbonyl (C=O) groups is 2. The van der Waals surface area contributed by atoms with E-state index in [4.69, 9.17) is 4.74 Å². The summed E-state index contributed by atoms with van der Waals surface area (Å²) >= 11 is 0. The molecule has 0 spiro atoms. The number of hydrogen-bond donors (Lipinski definition) is 2. The van der Waals surface area contributed by atoms with Gasteiger partial charge in [0.1, 0.15) is 5.41 Å². The van der Waals surface area contributed by atoms with Crippen molar-refractivity contribution in [2.75, 3.05) is 45.9 Å². The van der Waals surface area contributed by atoms with Crippen LogP contribution in [0.15, 0.2) is 0 Å². The summed E-state index contributed by atoms with van der Waals surface area (Å²) in [6.45, 7) is 12.8. The van der Waals surface area contributed by atoms with Gasteiger partial charge in [0, 0.05) is 32.7 Å². The van der Waals surface area contributed by atoms with Crippen LogP contribution in [0.3, 0.4) is 0 Å². The maximum absolute atomic E-state index is 12.2. The first-order chi connectivity index (χ1) is 10.3. The van der Waals surface area contributed by atoms with Gasteiger partial charge in [0.05, 0.1) is 13.2 Å². The fraction of sp³-hybridized carbons (Fsp3) is 0.875. The van der Waals surface area contributed by atoms with Crippen molar-refractivity contribution in [1.29, 1.82) is 0 Å². The smallest absolute Gasteiger partial charge is 0.235 e. The first kappa shape index (κ1) is 18.9. The number of ether oxygens (including phenoxy) is 1. The number of hydrogen-bond acceptors (Lipinski definition) is 4. The Hall–Kier alpha value is -1.14. The highest BCUT2D eigenvalue weighted by Gasteiger charge is 2.35. The highest BCUT2D eigenvalue weighted by Crippen LogP contribution is 2.15. The van der Waals surface area contributed by atoms with Gasteiger partial charge in [-0.1, -0.05) is 13.8 Å². The molecule has 1 aliphatic heterocycles. The molecule has 2 amide bonds. The van der Waals surface area contributed by atoms with Gasteiger partial charge in [0.2, 0.25) is 11.8 Å². The van der Waals surface area contributed by atoms with Crippen LogP contribution in [0.4, 0.5) is 0 Å². The Morgan fingerprint density at radius 1 is 1.09 bits per heavy atom. The molecule has 128 valence electrons. The van der Waals surface area contributed by atoms with E-state index in [0.29, 0.717) is 19.0 Å². The quantitative estimate of drug-likeness (QED) is 0.645. The predicted octanol–water partition coefficient (Wildman–Crippen LogP) is 0.623. The number of rotatable bonds is 8. The summed E-state index contributed by atoms with van der Waals surface area (Å²) in [5.41, 5.74) is -1.04. The van der Waals surface area contributed by atoms with E-state index >= 15 is 0 Å². The van der Waals surface area contributed by atoms with Crippen molar-refractivity contribution in [2.24, 2.45) is 11.3 Å². The average molecular weight is 313 g/mol. The van der Waals surface area contributed by atoms with Crippen molar-refractivity contribution in [3.63, 3.8) is 0 Å². The molecule has 0 unspecified atom stereocenters. The van der Waals surface area contributed by atoms with E-state index in [-0.39, 0.29) is 11.8 Å². The van der Waals surface area contributed by atoms with Crippen LogP contribution >= 0.6 is 0 Å². The van der Waals surface area contributed by atoms with E-state index in [1.54, 1.807) is 13.8 Å². The van der Waals surface area contributed by atoms with Crippen LogP contribution in [-0.2, 0) is 14.3 Å². The summed E-state index contributed by atoms with van der Waals surface area (Å²) < 4.78 is 5.29. The molecule has 1 rings (SSSR count). The van der Waals surface area contributed by atoms with Gasteiger partial charge < -0.3 is 15.4 Å². The molecule has 0 atom stereocenters. The lowest BCUT2D eigenvalue weighted by atomic mass is 9.91. The highest BCUT2D eigenvalue weighted by molar-refractivity contribution is 6.04. The summed E-state index contributed by atoms with van der Waals surface area (Å²) in [6.07, 6.45) is 0.917. The van der Waals surface area contributed by atoms with Gasteiger partial charge in [-0.25, -0.2) is 0 Å². The van der Waals surface area contributed by atoms with Crippen LogP contribution in [0.1, 0.15) is 34.1 Å². The third kappa shape index (κ3) is 6.32. The zero-order valence-corrected chi connectivity index (χ0v) is 14.4. The Labute approximate surface area is 134 Å². The second-order valence-electron chi connectivity index (χ2n) is 6.77. The summed E-state index contributed by atoms with van der Waals surface area (Å²) in [5.74, 6) is 0.102. The molecule has 0 aliphatic carbocycles. The van der Waals surface area contributed by atoms with Crippen LogP contribution < -0.4 is 10.6 Å². The normalized spacial score (nSPS) is 16.6. The van der Waals surface area contributed by atoms with Crippen molar-refractivity contribution in [1.82, 2.24) is 15.5 Å². The molecule has 0 saturated carbocycles. The molecule has 0 aromatic rings. The van der Waals surface area contributed by atoms with E-state index in [0.717, 1.165) is 39.3 Å². The zero-order valence-electron chi connectivity index (χ0n) is 14.4. The fourth-order valence-corrected chi connectivity index (χ4v) is 2.17. The van der Waals surface area contributed by atoms with E-state index in [2.05, 4.69) is 29.4 Å². The molecule has 1 saturated heterocycles. The third-order valence-electron chi connectivity index (χ3n) is 3.96. The summed E-state index contributed by atoms with van der Waals surface area (Å²) in [7, 11) is 0. The van der Waals surface area contributed by atoms with Crippen molar-refractivity contribution in [2.45, 2.75) is 34.1 Å². The Morgan fingerprint density at radius 3 is 2.18 bits per heavy atom. The lowest BCUT2D eigenvalue weighted by Gasteiger charge is -2.27. The summed E-state index contributed by atoms with van der Waals surface area (Å²) in [4.78, 5) is 26.6. The van der Waals surface area contributed by atoms with E-state index in [9.17, 15) is 9.59 Å². The van der Waals surface area contributed by atoms with Crippen LogP contribution in [0, 0.1) is 11.3 Å². The van der Waals surface area contributed by atoms with Crippen molar-refractivity contribution >= 4 is 11.8 Å². The standard InChI is InChI=1S/C16H31N3O3/c1-13(2)5-6-17-14(20)16(3,4)15(21)18-7-8-19-9-11-22-12-10-19/h13H,5-12H2,1-4H3,(H,17,20)(H,18,21). The van der Waals surface area contributed by atoms with Gasteiger partial charge in [0.15, 0.2) is 0 Å². The molecular formula is C16H31N3O3. The predicted molar refractivity (Wildman–Crippen MR) is 86.5 cm³/mol. The van der Waals surface area contributed by atoms with Gasteiger partial charge in [0.25, 0.3) is 0 Å². The van der Waals surface area contributed by atoms with Gasteiger partial charge in [-0.2, -0.15) is 0 Å². The summed E-state index contributed by atoms with van der Waals surface area (Å²) in [5, 5.41) is 5.72. The van der Waals surface area contributed by atoms with Gasteiger partial charge in [-0.3, -0.25) is 14.5 Å². The molecule has 0 aromatic carbocycles. The SMILES string of the molecule is CC(C)CCNC(=O)C(C)(C)C(=O)NCCN1CCOCC1. The first-order valence-corrected chi connectivity index (χ1v) is 8.20. The molecule has 6 heteroatoms. The summed E-state index contributed by atoms with van der Waals surface area (Å²) in [6, 6.07) is 0. The first-order valence-electron chi connectivity index (χ1n) is 8.20. The Balaban J connectivity index is 2.29. The maximum Gasteiger partial charge on any atom is 0.235 e. The number of nitrogens with zero attached hydrogens (tertiary/aromatic N) is 1. The Kier molecular flexibility index (Phi) is 7.82. The number of morpholine rings is 1. The Morgan fingerprint density at radius 2 is 1.64 bits per heavy atom. The van der Waals surface area contributed by atoms with E-state index < -0.39 is 5.41 Å². The Bertz CT molecular complexity index is 364. The second-order valence-corrected chi connectivity index (χ2v) is 6.77. The largest absolute Gasteiger partial charge is 0.379 e.